The van der Waals surface area contributed by atoms with Crippen LogP contribution in [0.5, 0.6) is 0 Å². The van der Waals surface area contributed by atoms with Gasteiger partial charge in [0.25, 0.3) is 0 Å². The zero-order valence-corrected chi connectivity index (χ0v) is 14.0. The van der Waals surface area contributed by atoms with Crippen LogP contribution < -0.4 is 10.6 Å². The molecule has 0 aliphatic heterocycles. The minimum atomic E-state index is 0.645. The molecule has 0 spiro atoms. The lowest BCUT2D eigenvalue weighted by atomic mass is 10.5. The van der Waals surface area contributed by atoms with Crippen molar-refractivity contribution in [2.75, 3.05) is 57.6 Å². The lowest BCUT2D eigenvalue weighted by molar-refractivity contribution is 0.126. The molecule has 0 aromatic carbocycles. The highest BCUT2D eigenvalue weighted by Crippen LogP contribution is 2.19. The molecule has 0 saturated heterocycles. The number of nitrogens with one attached hydrogen (secondary N) is 2. The number of likely N-dealkylation sites (N-methyl/N-ethyl adjacent to an activating group) is 1. The molecular formula is C13H24BrN5O. The van der Waals surface area contributed by atoms with E-state index in [0.717, 1.165) is 43.0 Å². The van der Waals surface area contributed by atoms with Crippen molar-refractivity contribution in [3.63, 3.8) is 0 Å². The Kier molecular flexibility index (Phi) is 8.48. The molecule has 0 fully saturated rings. The predicted molar refractivity (Wildman–Crippen MR) is 86.4 cm³/mol. The van der Waals surface area contributed by atoms with E-state index in [9.17, 15) is 0 Å². The largest absolute Gasteiger partial charge is 0.378 e. The van der Waals surface area contributed by atoms with Gasteiger partial charge in [0.2, 0.25) is 5.95 Å². The van der Waals surface area contributed by atoms with E-state index in [1.54, 1.807) is 6.20 Å². The van der Waals surface area contributed by atoms with E-state index < -0.39 is 0 Å². The van der Waals surface area contributed by atoms with Crippen molar-refractivity contribution in [3.05, 3.63) is 10.7 Å². The maximum absolute atomic E-state index is 5.52. The molecule has 6 nitrogen and oxygen atoms in total. The minimum Gasteiger partial charge on any atom is -0.378 e. The van der Waals surface area contributed by atoms with Crippen molar-refractivity contribution < 1.29 is 4.74 Å². The van der Waals surface area contributed by atoms with E-state index in [2.05, 4.69) is 48.4 Å². The van der Waals surface area contributed by atoms with Crippen LogP contribution in [0.3, 0.4) is 0 Å². The number of hydrogen-bond donors (Lipinski definition) is 2. The molecule has 1 aromatic rings. The molecule has 1 aromatic heterocycles. The van der Waals surface area contributed by atoms with Gasteiger partial charge in [-0.1, -0.05) is 6.92 Å². The summed E-state index contributed by atoms with van der Waals surface area (Å²) in [5.74, 6) is 1.43. The Bertz CT molecular complexity index is 389. The Morgan fingerprint density at radius 2 is 2.05 bits per heavy atom. The fourth-order valence-electron chi connectivity index (χ4n) is 1.40. The third-order valence-electron chi connectivity index (χ3n) is 2.50. The number of nitrogens with zero attached hydrogens (tertiary/aromatic N) is 3. The van der Waals surface area contributed by atoms with Crippen LogP contribution in [0.2, 0.25) is 0 Å². The zero-order chi connectivity index (χ0) is 14.8. The first-order chi connectivity index (χ1) is 9.63. The van der Waals surface area contributed by atoms with Gasteiger partial charge in [-0.2, -0.15) is 4.98 Å². The highest BCUT2D eigenvalue weighted by atomic mass is 79.9. The Morgan fingerprint density at radius 3 is 2.75 bits per heavy atom. The Labute approximate surface area is 129 Å². The molecular weight excluding hydrogens is 322 g/mol. The Balaban J connectivity index is 2.31. The third-order valence-corrected chi connectivity index (χ3v) is 3.08. The van der Waals surface area contributed by atoms with Crippen molar-refractivity contribution in [1.82, 2.24) is 14.9 Å². The van der Waals surface area contributed by atoms with Crippen molar-refractivity contribution in [3.8, 4) is 0 Å². The number of halogens is 1. The fourth-order valence-corrected chi connectivity index (χ4v) is 1.74. The van der Waals surface area contributed by atoms with Gasteiger partial charge >= 0.3 is 0 Å². The average Bonchev–Trinajstić information content (AvgIpc) is 2.42. The zero-order valence-electron chi connectivity index (χ0n) is 12.4. The van der Waals surface area contributed by atoms with Gasteiger partial charge in [-0.05, 0) is 36.4 Å². The van der Waals surface area contributed by atoms with Gasteiger partial charge < -0.3 is 20.3 Å². The summed E-state index contributed by atoms with van der Waals surface area (Å²) < 4.78 is 6.38. The van der Waals surface area contributed by atoms with Crippen molar-refractivity contribution in [2.45, 2.75) is 13.3 Å². The van der Waals surface area contributed by atoms with Gasteiger partial charge in [-0.25, -0.2) is 4.98 Å². The predicted octanol–water partition coefficient (Wildman–Crippen LogP) is 2.05. The molecule has 1 rings (SSSR count). The van der Waals surface area contributed by atoms with Crippen LogP contribution in [-0.2, 0) is 4.74 Å². The fraction of sp³-hybridized carbons (Fsp3) is 0.692. The summed E-state index contributed by atoms with van der Waals surface area (Å²) in [4.78, 5) is 10.7. The first-order valence-corrected chi connectivity index (χ1v) is 7.65. The number of aromatic nitrogens is 2. The summed E-state index contributed by atoms with van der Waals surface area (Å²) in [6.45, 7) is 6.02. The summed E-state index contributed by atoms with van der Waals surface area (Å²) in [6, 6.07) is 0. The van der Waals surface area contributed by atoms with Gasteiger partial charge in [0.15, 0.2) is 0 Å². The monoisotopic (exact) mass is 345 g/mol. The van der Waals surface area contributed by atoms with Gasteiger partial charge in [0, 0.05) is 25.8 Å². The van der Waals surface area contributed by atoms with Crippen LogP contribution >= 0.6 is 15.9 Å². The van der Waals surface area contributed by atoms with Crippen LogP contribution in [0.15, 0.2) is 10.7 Å². The van der Waals surface area contributed by atoms with E-state index in [-0.39, 0.29) is 0 Å². The normalized spacial score (nSPS) is 10.8. The maximum atomic E-state index is 5.52. The molecule has 0 radical (unpaired) electrons. The van der Waals surface area contributed by atoms with Crippen LogP contribution in [0.25, 0.3) is 0 Å². The minimum absolute atomic E-state index is 0.645. The molecule has 0 bridgehead atoms. The summed E-state index contributed by atoms with van der Waals surface area (Å²) in [5.41, 5.74) is 0. The molecule has 2 N–H and O–H groups in total. The first kappa shape index (κ1) is 17.1. The smallest absolute Gasteiger partial charge is 0.224 e. The molecule has 0 aliphatic carbocycles. The lowest BCUT2D eigenvalue weighted by Crippen LogP contribution is -2.20. The highest BCUT2D eigenvalue weighted by molar-refractivity contribution is 9.10. The topological polar surface area (TPSA) is 62.3 Å². The quantitative estimate of drug-likeness (QED) is 0.633. The molecule has 0 aliphatic rings. The van der Waals surface area contributed by atoms with E-state index >= 15 is 0 Å². The molecule has 0 unspecified atom stereocenters. The van der Waals surface area contributed by atoms with Gasteiger partial charge in [-0.15, -0.1) is 0 Å². The SMILES string of the molecule is CCCNc1ncc(Br)c(NCCOCCN(C)C)n1. The lowest BCUT2D eigenvalue weighted by Gasteiger charge is -2.11. The van der Waals surface area contributed by atoms with Crippen molar-refractivity contribution in [2.24, 2.45) is 0 Å². The first-order valence-electron chi connectivity index (χ1n) is 6.86. The van der Waals surface area contributed by atoms with E-state index in [0.29, 0.717) is 12.6 Å². The van der Waals surface area contributed by atoms with Gasteiger partial charge in [0.05, 0.1) is 17.7 Å². The van der Waals surface area contributed by atoms with Crippen molar-refractivity contribution in [1.29, 1.82) is 0 Å². The number of ether oxygens (including phenoxy) is 1. The van der Waals surface area contributed by atoms with Gasteiger partial charge in [0.1, 0.15) is 5.82 Å². The van der Waals surface area contributed by atoms with Crippen LogP contribution in [-0.4, -0.2) is 61.8 Å². The Morgan fingerprint density at radius 1 is 1.25 bits per heavy atom. The molecule has 20 heavy (non-hydrogen) atoms. The van der Waals surface area contributed by atoms with E-state index in [4.69, 9.17) is 4.74 Å². The molecule has 0 amide bonds. The maximum Gasteiger partial charge on any atom is 0.224 e. The van der Waals surface area contributed by atoms with Crippen LogP contribution in [0, 0.1) is 0 Å². The second-order valence-corrected chi connectivity index (χ2v) is 5.51. The third kappa shape index (κ3) is 7.02. The highest BCUT2D eigenvalue weighted by Gasteiger charge is 2.04. The van der Waals surface area contributed by atoms with Gasteiger partial charge in [-0.3, -0.25) is 0 Å². The standard InChI is InChI=1S/C13H24BrN5O/c1-4-5-16-13-17-10-11(14)12(18-13)15-6-8-20-9-7-19(2)3/h10H,4-9H2,1-3H3,(H2,15,16,17,18). The molecule has 0 saturated carbocycles. The average molecular weight is 346 g/mol. The number of hydrogen-bond acceptors (Lipinski definition) is 6. The number of anilines is 2. The Hall–Kier alpha value is -0.920. The second-order valence-electron chi connectivity index (χ2n) is 4.66. The second kappa shape index (κ2) is 9.90. The molecule has 114 valence electrons. The van der Waals surface area contributed by atoms with Crippen molar-refractivity contribution >= 4 is 27.7 Å². The molecule has 1 heterocycles. The molecule has 0 atom stereocenters. The summed E-state index contributed by atoms with van der Waals surface area (Å²) in [7, 11) is 4.06. The number of rotatable bonds is 10. The van der Waals surface area contributed by atoms with E-state index in [1.807, 2.05) is 14.1 Å². The summed E-state index contributed by atoms with van der Waals surface area (Å²) in [5, 5.41) is 6.41. The molecule has 7 heteroatoms. The summed E-state index contributed by atoms with van der Waals surface area (Å²) >= 11 is 3.44. The summed E-state index contributed by atoms with van der Waals surface area (Å²) in [6.07, 6.45) is 2.79. The van der Waals surface area contributed by atoms with E-state index in [1.165, 1.54) is 0 Å². The van der Waals surface area contributed by atoms with Crippen LogP contribution in [0.4, 0.5) is 11.8 Å². The van der Waals surface area contributed by atoms with Crippen LogP contribution in [0.1, 0.15) is 13.3 Å².